The normalized spacial score (nSPS) is 17.2. The van der Waals surface area contributed by atoms with Crippen LogP contribution in [0.25, 0.3) is 4.91 Å². The van der Waals surface area contributed by atoms with Crippen LogP contribution in [0.2, 0.25) is 0 Å². The van der Waals surface area contributed by atoms with E-state index in [4.69, 9.17) is 4.98 Å². The third-order valence-electron chi connectivity index (χ3n) is 6.09. The fraction of sp³-hybridized carbons (Fsp3) is 0.333. The highest BCUT2D eigenvalue weighted by Gasteiger charge is 2.33. The van der Waals surface area contributed by atoms with Gasteiger partial charge in [0.25, 0.3) is 0 Å². The summed E-state index contributed by atoms with van der Waals surface area (Å²) in [6.45, 7) is 4.22. The Bertz CT molecular complexity index is 1240. The zero-order valence-corrected chi connectivity index (χ0v) is 19.7. The second kappa shape index (κ2) is 8.77. The average molecular weight is 467 g/mol. The summed E-state index contributed by atoms with van der Waals surface area (Å²) in [4.78, 5) is 7.32. The summed E-state index contributed by atoms with van der Waals surface area (Å²) < 4.78 is 32.9. The smallest absolute Gasteiger partial charge is 0.243 e. The first-order valence-electron chi connectivity index (χ1n) is 10.9. The van der Waals surface area contributed by atoms with Crippen molar-refractivity contribution in [1.29, 1.82) is 0 Å². The predicted octanol–water partition coefficient (Wildman–Crippen LogP) is 3.88. The van der Waals surface area contributed by atoms with E-state index in [-0.39, 0.29) is 0 Å². The lowest BCUT2D eigenvalue weighted by Gasteiger charge is -2.34. The molecule has 2 aromatic carbocycles. The number of rotatable bonds is 5. The third kappa shape index (κ3) is 4.22. The summed E-state index contributed by atoms with van der Waals surface area (Å²) in [5, 5.41) is 0.867. The van der Waals surface area contributed by atoms with Crippen LogP contribution in [0.5, 0.6) is 0 Å². The Kier molecular flexibility index (Phi) is 5.84. The Morgan fingerprint density at radius 3 is 2.53 bits per heavy atom. The highest BCUT2D eigenvalue weighted by Crippen LogP contribution is 2.33. The average Bonchev–Trinajstić information content (AvgIpc) is 3.29. The topological polar surface area (TPSA) is 66.4 Å². The lowest BCUT2D eigenvalue weighted by molar-refractivity contribution is 0.390. The molecule has 0 radical (unpaired) electrons. The molecule has 6 nitrogen and oxygen atoms in total. The minimum Gasteiger partial charge on any atom is -0.344 e. The van der Waals surface area contributed by atoms with Crippen molar-refractivity contribution in [2.24, 2.45) is 0 Å². The highest BCUT2D eigenvalue weighted by atomic mass is 32.2. The lowest BCUT2D eigenvalue weighted by Crippen LogP contribution is -2.48. The van der Waals surface area contributed by atoms with Crippen molar-refractivity contribution in [3.05, 3.63) is 82.7 Å². The van der Waals surface area contributed by atoms with Crippen molar-refractivity contribution >= 4 is 31.6 Å². The summed E-state index contributed by atoms with van der Waals surface area (Å²) in [6.07, 6.45) is 4.25. The van der Waals surface area contributed by atoms with E-state index >= 15 is 0 Å². The number of fused-ring (bicyclic) bond motifs is 1. The SMILES string of the molecule is Cc1ccc(Cc2nsc(N3CCN(S(=O)(=O)C4=CCCc5ccccc54)CC3)n2)cc1. The molecule has 8 heteroatoms. The molecule has 0 unspecified atom stereocenters. The van der Waals surface area contributed by atoms with Gasteiger partial charge in [0.05, 0.1) is 4.91 Å². The second-order valence-corrected chi connectivity index (χ2v) is 10.9. The quantitative estimate of drug-likeness (QED) is 0.571. The summed E-state index contributed by atoms with van der Waals surface area (Å²) >= 11 is 1.39. The number of hydrogen-bond donors (Lipinski definition) is 0. The maximum atomic E-state index is 13.4. The Balaban J connectivity index is 1.25. The van der Waals surface area contributed by atoms with Crippen LogP contribution in [0, 0.1) is 6.92 Å². The Morgan fingerprint density at radius 1 is 1.00 bits per heavy atom. The molecule has 2 aliphatic rings. The lowest BCUT2D eigenvalue weighted by atomic mass is 9.97. The molecular formula is C24H26N4O2S2. The van der Waals surface area contributed by atoms with Crippen LogP contribution < -0.4 is 4.90 Å². The zero-order chi connectivity index (χ0) is 22.1. The number of sulfonamides is 1. The van der Waals surface area contributed by atoms with Crippen molar-refractivity contribution in [3.8, 4) is 0 Å². The van der Waals surface area contributed by atoms with Crippen LogP contribution in [-0.2, 0) is 22.9 Å². The van der Waals surface area contributed by atoms with Crippen LogP contribution in [0.3, 0.4) is 0 Å². The third-order valence-corrected chi connectivity index (χ3v) is 8.90. The maximum Gasteiger partial charge on any atom is 0.243 e. The maximum absolute atomic E-state index is 13.4. The fourth-order valence-corrected chi connectivity index (χ4v) is 6.75. The molecule has 1 saturated heterocycles. The van der Waals surface area contributed by atoms with Gasteiger partial charge in [-0.2, -0.15) is 8.68 Å². The number of allylic oxidation sites excluding steroid dienone is 1. The van der Waals surface area contributed by atoms with E-state index in [1.165, 1.54) is 22.7 Å². The molecule has 1 aliphatic heterocycles. The number of aryl methyl sites for hydroxylation is 2. The molecule has 0 saturated carbocycles. The Morgan fingerprint density at radius 2 is 1.75 bits per heavy atom. The van der Waals surface area contributed by atoms with Crippen LogP contribution in [0.1, 0.15) is 34.5 Å². The largest absolute Gasteiger partial charge is 0.344 e. The van der Waals surface area contributed by atoms with E-state index < -0.39 is 10.0 Å². The molecule has 1 aliphatic carbocycles. The highest BCUT2D eigenvalue weighted by molar-refractivity contribution is 7.98. The Hall–Kier alpha value is -2.55. The summed E-state index contributed by atoms with van der Waals surface area (Å²) in [6, 6.07) is 16.3. The van der Waals surface area contributed by atoms with E-state index in [2.05, 4.69) is 40.5 Å². The molecule has 3 aromatic rings. The van der Waals surface area contributed by atoms with Crippen LogP contribution in [0.4, 0.5) is 5.13 Å². The number of hydrogen-bond acceptors (Lipinski definition) is 6. The molecule has 0 atom stereocenters. The van der Waals surface area contributed by atoms with Crippen LogP contribution in [0.15, 0.2) is 54.6 Å². The monoisotopic (exact) mass is 466 g/mol. The number of piperazine rings is 1. The summed E-state index contributed by atoms with van der Waals surface area (Å²) in [5.74, 6) is 0.813. The first-order valence-corrected chi connectivity index (χ1v) is 13.1. The number of anilines is 1. The molecule has 0 spiro atoms. The van der Waals surface area contributed by atoms with Gasteiger partial charge >= 0.3 is 0 Å². The summed E-state index contributed by atoms with van der Waals surface area (Å²) in [7, 11) is -3.51. The predicted molar refractivity (Wildman–Crippen MR) is 129 cm³/mol. The molecule has 0 N–H and O–H groups in total. The van der Waals surface area contributed by atoms with E-state index in [1.54, 1.807) is 4.31 Å². The first kappa shape index (κ1) is 21.3. The van der Waals surface area contributed by atoms with Crippen molar-refractivity contribution in [3.63, 3.8) is 0 Å². The van der Waals surface area contributed by atoms with Gasteiger partial charge in [0, 0.05) is 44.1 Å². The fourth-order valence-electron chi connectivity index (χ4n) is 4.28. The van der Waals surface area contributed by atoms with E-state index in [1.807, 2.05) is 30.3 Å². The van der Waals surface area contributed by atoms with Gasteiger partial charge in [-0.25, -0.2) is 13.4 Å². The van der Waals surface area contributed by atoms with Crippen molar-refractivity contribution in [1.82, 2.24) is 13.7 Å². The Labute approximate surface area is 193 Å². The van der Waals surface area contributed by atoms with Gasteiger partial charge in [0.1, 0.15) is 5.82 Å². The molecule has 166 valence electrons. The van der Waals surface area contributed by atoms with Crippen molar-refractivity contribution in [2.45, 2.75) is 26.2 Å². The molecule has 5 rings (SSSR count). The van der Waals surface area contributed by atoms with Gasteiger partial charge < -0.3 is 4.90 Å². The molecule has 1 aromatic heterocycles. The first-order chi connectivity index (χ1) is 15.5. The minimum absolute atomic E-state index is 0.453. The van der Waals surface area contributed by atoms with Gasteiger partial charge in [-0.3, -0.25) is 0 Å². The van der Waals surface area contributed by atoms with Crippen LogP contribution in [-0.4, -0.2) is 48.3 Å². The number of nitrogens with zero attached hydrogens (tertiary/aromatic N) is 4. The summed E-state index contributed by atoms with van der Waals surface area (Å²) in [5.41, 5.74) is 4.39. The molecule has 2 heterocycles. The van der Waals surface area contributed by atoms with E-state index in [9.17, 15) is 8.42 Å². The molecular weight excluding hydrogens is 440 g/mol. The number of benzene rings is 2. The van der Waals surface area contributed by atoms with Crippen molar-refractivity contribution < 1.29 is 8.42 Å². The van der Waals surface area contributed by atoms with Gasteiger partial charge in [0.2, 0.25) is 15.2 Å². The van der Waals surface area contributed by atoms with Crippen molar-refractivity contribution in [2.75, 3.05) is 31.1 Å². The number of aromatic nitrogens is 2. The zero-order valence-electron chi connectivity index (χ0n) is 18.1. The van der Waals surface area contributed by atoms with Gasteiger partial charge in [0.15, 0.2) is 0 Å². The van der Waals surface area contributed by atoms with E-state index in [0.717, 1.165) is 34.9 Å². The molecule has 1 fully saturated rings. The van der Waals surface area contributed by atoms with Gasteiger partial charge in [-0.15, -0.1) is 0 Å². The van der Waals surface area contributed by atoms with E-state index in [0.29, 0.717) is 37.5 Å². The van der Waals surface area contributed by atoms with Gasteiger partial charge in [-0.1, -0.05) is 60.2 Å². The second-order valence-electron chi connectivity index (χ2n) is 8.31. The molecule has 0 bridgehead atoms. The standard InChI is InChI=1S/C24H26N4O2S2/c1-18-9-11-19(12-10-18)17-23-25-24(31-26-23)27-13-15-28(16-14-27)32(29,30)22-8-4-6-20-5-2-3-7-21(20)22/h2-3,5,7-12H,4,6,13-17H2,1H3. The molecule has 32 heavy (non-hydrogen) atoms. The minimum atomic E-state index is -3.51. The van der Waals surface area contributed by atoms with Gasteiger partial charge in [-0.05, 0) is 36.5 Å². The van der Waals surface area contributed by atoms with Crippen LogP contribution >= 0.6 is 11.5 Å². The molecule has 0 amide bonds.